The molecule has 0 atom stereocenters. The quantitative estimate of drug-likeness (QED) is 0.614. The predicted octanol–water partition coefficient (Wildman–Crippen LogP) is 1.53. The highest BCUT2D eigenvalue weighted by Gasteiger charge is 1.93. The summed E-state index contributed by atoms with van der Waals surface area (Å²) < 4.78 is 0. The first kappa shape index (κ1) is 7.95. The van der Waals surface area contributed by atoms with E-state index in [9.17, 15) is 0 Å². The van der Waals surface area contributed by atoms with E-state index in [0.29, 0.717) is 12.3 Å². The van der Waals surface area contributed by atoms with E-state index in [1.807, 2.05) is 24.3 Å². The molecule has 0 unspecified atom stereocenters. The van der Waals surface area contributed by atoms with Crippen molar-refractivity contribution in [1.82, 2.24) is 0 Å². The van der Waals surface area contributed by atoms with Crippen molar-refractivity contribution in [3.8, 4) is 0 Å². The van der Waals surface area contributed by atoms with Crippen molar-refractivity contribution in [2.24, 2.45) is 5.73 Å². The van der Waals surface area contributed by atoms with E-state index in [1.165, 1.54) is 0 Å². The SMILES string of the molecule is CC(=N)c1ccc(CN)cc1. The molecule has 0 saturated carbocycles. The second kappa shape index (κ2) is 3.30. The van der Waals surface area contributed by atoms with E-state index in [4.69, 9.17) is 11.1 Å². The van der Waals surface area contributed by atoms with Crippen LogP contribution in [-0.2, 0) is 6.54 Å². The van der Waals surface area contributed by atoms with Gasteiger partial charge in [0.15, 0.2) is 0 Å². The summed E-state index contributed by atoms with van der Waals surface area (Å²) in [4.78, 5) is 0. The first-order valence-electron chi connectivity index (χ1n) is 3.58. The summed E-state index contributed by atoms with van der Waals surface area (Å²) in [5.74, 6) is 0. The van der Waals surface area contributed by atoms with Crippen LogP contribution < -0.4 is 5.73 Å². The van der Waals surface area contributed by atoms with Crippen LogP contribution in [0.3, 0.4) is 0 Å². The summed E-state index contributed by atoms with van der Waals surface area (Å²) in [6.07, 6.45) is 0. The third-order valence-corrected chi connectivity index (χ3v) is 1.62. The van der Waals surface area contributed by atoms with E-state index < -0.39 is 0 Å². The van der Waals surface area contributed by atoms with Crippen LogP contribution in [-0.4, -0.2) is 5.71 Å². The molecule has 0 bridgehead atoms. The summed E-state index contributed by atoms with van der Waals surface area (Å²) in [7, 11) is 0. The van der Waals surface area contributed by atoms with E-state index >= 15 is 0 Å². The molecule has 1 rings (SSSR count). The maximum absolute atomic E-state index is 7.33. The van der Waals surface area contributed by atoms with E-state index in [0.717, 1.165) is 11.1 Å². The third-order valence-electron chi connectivity index (χ3n) is 1.62. The summed E-state index contributed by atoms with van der Waals surface area (Å²) in [5.41, 5.74) is 8.08. The molecule has 0 heterocycles. The number of benzene rings is 1. The monoisotopic (exact) mass is 148 g/mol. The Morgan fingerprint density at radius 2 is 1.91 bits per heavy atom. The highest BCUT2D eigenvalue weighted by Crippen LogP contribution is 2.03. The summed E-state index contributed by atoms with van der Waals surface area (Å²) in [5, 5.41) is 7.33. The van der Waals surface area contributed by atoms with Gasteiger partial charge in [-0.25, -0.2) is 0 Å². The maximum Gasteiger partial charge on any atom is 0.0355 e. The van der Waals surface area contributed by atoms with Gasteiger partial charge in [-0.1, -0.05) is 24.3 Å². The largest absolute Gasteiger partial charge is 0.326 e. The van der Waals surface area contributed by atoms with Gasteiger partial charge in [0.25, 0.3) is 0 Å². The molecule has 58 valence electrons. The Morgan fingerprint density at radius 3 is 2.27 bits per heavy atom. The van der Waals surface area contributed by atoms with Gasteiger partial charge in [0.05, 0.1) is 0 Å². The van der Waals surface area contributed by atoms with Gasteiger partial charge >= 0.3 is 0 Å². The molecule has 0 aliphatic heterocycles. The number of nitrogens with two attached hydrogens (primary N) is 1. The minimum atomic E-state index is 0.567. The fraction of sp³-hybridized carbons (Fsp3) is 0.222. The number of hydrogen-bond donors (Lipinski definition) is 2. The molecule has 0 spiro atoms. The van der Waals surface area contributed by atoms with Crippen molar-refractivity contribution in [2.45, 2.75) is 13.5 Å². The Labute approximate surface area is 66.6 Å². The fourth-order valence-electron chi connectivity index (χ4n) is 0.891. The number of hydrogen-bond acceptors (Lipinski definition) is 2. The van der Waals surface area contributed by atoms with Crippen LogP contribution in [0, 0.1) is 5.41 Å². The molecule has 0 saturated heterocycles. The second-order valence-electron chi connectivity index (χ2n) is 2.53. The van der Waals surface area contributed by atoms with Gasteiger partial charge in [0.1, 0.15) is 0 Å². The van der Waals surface area contributed by atoms with Gasteiger partial charge in [-0.05, 0) is 18.1 Å². The van der Waals surface area contributed by atoms with Gasteiger partial charge in [-0.15, -0.1) is 0 Å². The van der Waals surface area contributed by atoms with Crippen LogP contribution in [0.1, 0.15) is 18.1 Å². The molecule has 1 aromatic rings. The molecule has 0 amide bonds. The molecule has 0 aromatic heterocycles. The van der Waals surface area contributed by atoms with Crippen molar-refractivity contribution >= 4 is 5.71 Å². The Kier molecular flexibility index (Phi) is 2.39. The van der Waals surface area contributed by atoms with Crippen molar-refractivity contribution in [1.29, 1.82) is 5.41 Å². The minimum Gasteiger partial charge on any atom is -0.326 e. The van der Waals surface area contributed by atoms with Gasteiger partial charge < -0.3 is 11.1 Å². The lowest BCUT2D eigenvalue weighted by atomic mass is 10.1. The lowest BCUT2D eigenvalue weighted by Crippen LogP contribution is -1.97. The number of rotatable bonds is 2. The molecule has 11 heavy (non-hydrogen) atoms. The van der Waals surface area contributed by atoms with Gasteiger partial charge in [0.2, 0.25) is 0 Å². The van der Waals surface area contributed by atoms with Gasteiger partial charge in [-0.2, -0.15) is 0 Å². The molecule has 2 nitrogen and oxygen atoms in total. The standard InChI is InChI=1S/C9H12N2/c1-7(11)9-4-2-8(6-10)3-5-9/h2-5,11H,6,10H2,1H3. The molecular weight excluding hydrogens is 136 g/mol. The first-order valence-corrected chi connectivity index (χ1v) is 3.58. The van der Waals surface area contributed by atoms with Gasteiger partial charge in [0, 0.05) is 12.3 Å². The zero-order chi connectivity index (χ0) is 8.27. The molecule has 0 aliphatic rings. The second-order valence-corrected chi connectivity index (χ2v) is 2.53. The molecule has 0 aliphatic carbocycles. The van der Waals surface area contributed by atoms with E-state index in [2.05, 4.69) is 0 Å². The Bertz CT molecular complexity index is 249. The average Bonchev–Trinajstić information content (AvgIpc) is 2.05. The minimum absolute atomic E-state index is 0.567. The molecule has 3 N–H and O–H groups in total. The Balaban J connectivity index is 2.91. The normalized spacial score (nSPS) is 9.64. The van der Waals surface area contributed by atoms with Crippen LogP contribution in [0.25, 0.3) is 0 Å². The summed E-state index contributed by atoms with van der Waals surface area (Å²) in [6, 6.07) is 7.75. The fourth-order valence-corrected chi connectivity index (χ4v) is 0.891. The summed E-state index contributed by atoms with van der Waals surface area (Å²) >= 11 is 0. The van der Waals surface area contributed by atoms with E-state index in [-0.39, 0.29) is 0 Å². The molecule has 0 fully saturated rings. The average molecular weight is 148 g/mol. The highest BCUT2D eigenvalue weighted by atomic mass is 14.5. The predicted molar refractivity (Wildman–Crippen MR) is 46.8 cm³/mol. The van der Waals surface area contributed by atoms with Crippen molar-refractivity contribution in [2.75, 3.05) is 0 Å². The van der Waals surface area contributed by atoms with Crippen LogP contribution in [0.15, 0.2) is 24.3 Å². The maximum atomic E-state index is 7.33. The zero-order valence-electron chi connectivity index (χ0n) is 6.59. The molecule has 2 heteroatoms. The van der Waals surface area contributed by atoms with Crippen LogP contribution in [0.4, 0.5) is 0 Å². The topological polar surface area (TPSA) is 49.9 Å². The highest BCUT2D eigenvalue weighted by molar-refractivity contribution is 5.96. The number of nitrogens with one attached hydrogen (secondary N) is 1. The van der Waals surface area contributed by atoms with Crippen molar-refractivity contribution < 1.29 is 0 Å². The van der Waals surface area contributed by atoms with Crippen LogP contribution in [0.2, 0.25) is 0 Å². The summed E-state index contributed by atoms with van der Waals surface area (Å²) in [6.45, 7) is 2.34. The first-order chi connectivity index (χ1) is 5.24. The molecular formula is C9H12N2. The third kappa shape index (κ3) is 1.88. The molecule has 0 radical (unpaired) electrons. The Morgan fingerprint density at radius 1 is 1.36 bits per heavy atom. The molecule has 1 aromatic carbocycles. The Hall–Kier alpha value is -1.15. The van der Waals surface area contributed by atoms with Crippen LogP contribution >= 0.6 is 0 Å². The lowest BCUT2D eigenvalue weighted by Gasteiger charge is -1.98. The zero-order valence-corrected chi connectivity index (χ0v) is 6.59. The van der Waals surface area contributed by atoms with Crippen molar-refractivity contribution in [3.05, 3.63) is 35.4 Å². The lowest BCUT2D eigenvalue weighted by molar-refractivity contribution is 1.07. The van der Waals surface area contributed by atoms with Crippen molar-refractivity contribution in [3.63, 3.8) is 0 Å². The van der Waals surface area contributed by atoms with E-state index in [1.54, 1.807) is 6.92 Å². The van der Waals surface area contributed by atoms with Crippen LogP contribution in [0.5, 0.6) is 0 Å². The van der Waals surface area contributed by atoms with Gasteiger partial charge in [-0.3, -0.25) is 0 Å². The smallest absolute Gasteiger partial charge is 0.0355 e.